The highest BCUT2D eigenvalue weighted by Gasteiger charge is 2.31. The Morgan fingerprint density at radius 2 is 1.96 bits per heavy atom. The van der Waals surface area contributed by atoms with Crippen LogP contribution < -0.4 is 0 Å². The van der Waals surface area contributed by atoms with Crippen molar-refractivity contribution < 1.29 is 27.9 Å². The van der Waals surface area contributed by atoms with Gasteiger partial charge in [-0.3, -0.25) is 4.79 Å². The van der Waals surface area contributed by atoms with Crippen LogP contribution in [0, 0.1) is 5.82 Å². The number of rotatable bonds is 3. The fourth-order valence-electron chi connectivity index (χ4n) is 2.81. The molecular formula is C18H18FNO5. The Morgan fingerprint density at radius 1 is 1.24 bits per heavy atom. The SMILES string of the molecule is COC(=O)c1coc(C(=O)N2C[C@@H](C)O[C@H](c3ccc(F)cc3)C2)c1. The lowest BCUT2D eigenvalue weighted by Crippen LogP contribution is -2.45. The van der Waals surface area contributed by atoms with E-state index in [0.717, 1.165) is 5.56 Å². The maximum atomic E-state index is 13.1. The zero-order valence-electron chi connectivity index (χ0n) is 13.9. The minimum absolute atomic E-state index is 0.0624. The van der Waals surface area contributed by atoms with E-state index in [2.05, 4.69) is 4.74 Å². The van der Waals surface area contributed by atoms with Crippen LogP contribution in [0.3, 0.4) is 0 Å². The number of furan rings is 1. The highest BCUT2D eigenvalue weighted by atomic mass is 19.1. The number of methoxy groups -OCH3 is 1. The molecular weight excluding hydrogens is 329 g/mol. The number of hydrogen-bond donors (Lipinski definition) is 0. The van der Waals surface area contributed by atoms with Gasteiger partial charge in [0.05, 0.1) is 25.3 Å². The van der Waals surface area contributed by atoms with Crippen LogP contribution in [0.25, 0.3) is 0 Å². The number of amides is 1. The fraction of sp³-hybridized carbons (Fsp3) is 0.333. The van der Waals surface area contributed by atoms with Crippen molar-refractivity contribution in [3.8, 4) is 0 Å². The molecule has 1 aliphatic rings. The molecule has 7 heteroatoms. The first-order valence-corrected chi connectivity index (χ1v) is 7.85. The lowest BCUT2D eigenvalue weighted by Gasteiger charge is -2.36. The van der Waals surface area contributed by atoms with Gasteiger partial charge >= 0.3 is 5.97 Å². The van der Waals surface area contributed by atoms with Crippen LogP contribution in [0.1, 0.15) is 39.5 Å². The molecule has 2 atom stereocenters. The van der Waals surface area contributed by atoms with E-state index in [4.69, 9.17) is 9.15 Å². The normalized spacial score (nSPS) is 20.4. The summed E-state index contributed by atoms with van der Waals surface area (Å²) in [6.07, 6.45) is 0.645. The van der Waals surface area contributed by atoms with Gasteiger partial charge in [0.2, 0.25) is 0 Å². The standard InChI is InChI=1S/C18H18FNO5/c1-11-8-20(9-16(25-11)12-3-5-14(19)6-4-12)17(21)15-7-13(10-24-15)18(22)23-2/h3-7,10-11,16H,8-9H2,1-2H3/t11-,16+/m1/s1. The highest BCUT2D eigenvalue weighted by Crippen LogP contribution is 2.26. The second kappa shape index (κ2) is 7.06. The van der Waals surface area contributed by atoms with Crippen LogP contribution in [-0.2, 0) is 9.47 Å². The van der Waals surface area contributed by atoms with E-state index >= 15 is 0 Å². The lowest BCUT2D eigenvalue weighted by atomic mass is 10.1. The second-order valence-corrected chi connectivity index (χ2v) is 5.89. The van der Waals surface area contributed by atoms with Gasteiger partial charge in [0.25, 0.3) is 5.91 Å². The van der Waals surface area contributed by atoms with Crippen molar-refractivity contribution in [1.82, 2.24) is 4.90 Å². The first-order chi connectivity index (χ1) is 12.0. The summed E-state index contributed by atoms with van der Waals surface area (Å²) in [5.74, 6) is -1.17. The van der Waals surface area contributed by atoms with Gasteiger partial charge in [-0.15, -0.1) is 0 Å². The Hall–Kier alpha value is -2.67. The van der Waals surface area contributed by atoms with Crippen molar-refractivity contribution in [1.29, 1.82) is 0 Å². The number of ether oxygens (including phenoxy) is 2. The summed E-state index contributed by atoms with van der Waals surface area (Å²) < 4.78 is 28.8. The summed E-state index contributed by atoms with van der Waals surface area (Å²) in [5.41, 5.74) is 0.975. The van der Waals surface area contributed by atoms with E-state index in [0.29, 0.717) is 13.1 Å². The number of hydrogen-bond acceptors (Lipinski definition) is 5. The van der Waals surface area contributed by atoms with Crippen molar-refractivity contribution in [2.75, 3.05) is 20.2 Å². The maximum absolute atomic E-state index is 13.1. The van der Waals surface area contributed by atoms with Crippen molar-refractivity contribution in [2.45, 2.75) is 19.1 Å². The molecule has 1 aromatic carbocycles. The molecule has 2 aromatic rings. The zero-order valence-corrected chi connectivity index (χ0v) is 13.9. The number of benzene rings is 1. The van der Waals surface area contributed by atoms with Crippen molar-refractivity contribution in [2.24, 2.45) is 0 Å². The monoisotopic (exact) mass is 347 g/mol. The van der Waals surface area contributed by atoms with Gasteiger partial charge in [-0.1, -0.05) is 12.1 Å². The molecule has 1 saturated heterocycles. The summed E-state index contributed by atoms with van der Waals surface area (Å²) >= 11 is 0. The second-order valence-electron chi connectivity index (χ2n) is 5.89. The van der Waals surface area contributed by atoms with Crippen molar-refractivity contribution in [3.63, 3.8) is 0 Å². The first-order valence-electron chi connectivity index (χ1n) is 7.85. The smallest absolute Gasteiger partial charge is 0.341 e. The number of esters is 1. The van der Waals surface area contributed by atoms with Crippen molar-refractivity contribution in [3.05, 3.63) is 59.3 Å². The number of morpholine rings is 1. The molecule has 0 bridgehead atoms. The van der Waals surface area contributed by atoms with Gasteiger partial charge in [0.1, 0.15) is 18.2 Å². The van der Waals surface area contributed by atoms with Crippen LogP contribution in [0.2, 0.25) is 0 Å². The number of nitrogens with zero attached hydrogens (tertiary/aromatic N) is 1. The maximum Gasteiger partial charge on any atom is 0.341 e. The summed E-state index contributed by atoms with van der Waals surface area (Å²) in [4.78, 5) is 25.7. The Kier molecular flexibility index (Phi) is 4.85. The molecule has 25 heavy (non-hydrogen) atoms. The quantitative estimate of drug-likeness (QED) is 0.799. The predicted molar refractivity (Wildman–Crippen MR) is 85.6 cm³/mol. The Bertz CT molecular complexity index is 770. The molecule has 0 saturated carbocycles. The minimum Gasteiger partial charge on any atom is -0.465 e. The molecule has 132 valence electrons. The van der Waals surface area contributed by atoms with Gasteiger partial charge in [0, 0.05) is 12.6 Å². The van der Waals surface area contributed by atoms with E-state index in [1.165, 1.54) is 31.6 Å². The van der Waals surface area contributed by atoms with Gasteiger partial charge in [-0.05, 0) is 24.6 Å². The van der Waals surface area contributed by atoms with Crippen LogP contribution in [0.4, 0.5) is 4.39 Å². The molecule has 0 radical (unpaired) electrons. The Morgan fingerprint density at radius 3 is 2.64 bits per heavy atom. The summed E-state index contributed by atoms with van der Waals surface area (Å²) in [5, 5.41) is 0. The molecule has 2 heterocycles. The molecule has 1 aromatic heterocycles. The van der Waals surface area contributed by atoms with Gasteiger partial charge in [-0.25, -0.2) is 9.18 Å². The number of halogens is 1. The number of carbonyl (C=O) groups excluding carboxylic acids is 2. The van der Waals surface area contributed by atoms with Crippen LogP contribution in [-0.4, -0.2) is 43.1 Å². The predicted octanol–water partition coefficient (Wildman–Crippen LogP) is 2.81. The summed E-state index contributed by atoms with van der Waals surface area (Å²) in [7, 11) is 1.26. The topological polar surface area (TPSA) is 69.0 Å². The molecule has 6 nitrogen and oxygen atoms in total. The highest BCUT2D eigenvalue weighted by molar-refractivity contribution is 5.96. The molecule has 1 fully saturated rings. The summed E-state index contributed by atoms with van der Waals surface area (Å²) in [6, 6.07) is 7.37. The average molecular weight is 347 g/mol. The Balaban J connectivity index is 1.76. The minimum atomic E-state index is -0.567. The molecule has 0 unspecified atom stereocenters. The van der Waals surface area contributed by atoms with E-state index in [-0.39, 0.29) is 35.3 Å². The molecule has 0 aliphatic carbocycles. The van der Waals surface area contributed by atoms with E-state index in [9.17, 15) is 14.0 Å². The molecule has 3 rings (SSSR count). The van der Waals surface area contributed by atoms with E-state index in [1.54, 1.807) is 17.0 Å². The van der Waals surface area contributed by atoms with E-state index in [1.807, 2.05) is 6.92 Å². The molecule has 0 spiro atoms. The molecule has 1 aliphatic heterocycles. The molecule has 0 N–H and O–H groups in total. The van der Waals surface area contributed by atoms with Crippen LogP contribution in [0.15, 0.2) is 41.0 Å². The lowest BCUT2D eigenvalue weighted by molar-refractivity contribution is -0.0697. The van der Waals surface area contributed by atoms with Gasteiger partial charge in [0.15, 0.2) is 5.76 Å². The average Bonchev–Trinajstić information content (AvgIpc) is 3.10. The molecule has 1 amide bonds. The largest absolute Gasteiger partial charge is 0.465 e. The van der Waals surface area contributed by atoms with Crippen LogP contribution in [0.5, 0.6) is 0 Å². The van der Waals surface area contributed by atoms with Crippen LogP contribution >= 0.6 is 0 Å². The van der Waals surface area contributed by atoms with Gasteiger partial charge in [-0.2, -0.15) is 0 Å². The summed E-state index contributed by atoms with van der Waals surface area (Å²) in [6.45, 7) is 2.56. The Labute approximate surface area is 144 Å². The third-order valence-corrected chi connectivity index (χ3v) is 4.02. The number of carbonyl (C=O) groups is 2. The fourth-order valence-corrected chi connectivity index (χ4v) is 2.81. The van der Waals surface area contributed by atoms with Crippen molar-refractivity contribution >= 4 is 11.9 Å². The third kappa shape index (κ3) is 3.71. The van der Waals surface area contributed by atoms with E-state index < -0.39 is 5.97 Å². The van der Waals surface area contributed by atoms with Gasteiger partial charge < -0.3 is 18.8 Å². The third-order valence-electron chi connectivity index (χ3n) is 4.02. The first kappa shape index (κ1) is 17.2. The zero-order chi connectivity index (χ0) is 18.0.